The molecule has 0 bridgehead atoms. The van der Waals surface area contributed by atoms with Crippen molar-refractivity contribution in [2.75, 3.05) is 6.54 Å². The fourth-order valence-electron chi connectivity index (χ4n) is 2.05. The molecule has 0 saturated heterocycles. The molecule has 1 heterocycles. The van der Waals surface area contributed by atoms with Crippen molar-refractivity contribution in [2.45, 2.75) is 40.0 Å². The number of benzene rings is 1. The lowest BCUT2D eigenvalue weighted by Crippen LogP contribution is -2.37. The van der Waals surface area contributed by atoms with E-state index in [4.69, 9.17) is 0 Å². The van der Waals surface area contributed by atoms with E-state index in [0.29, 0.717) is 0 Å². The third-order valence-electron chi connectivity index (χ3n) is 3.34. The fraction of sp³-hybridized carbons (Fsp3) is 0.571. The Morgan fingerprint density at radius 1 is 1.19 bits per heavy atom. The number of fused-ring (bicyclic) bond motifs is 1. The Kier molecular flexibility index (Phi) is 3.04. The first-order valence-electron chi connectivity index (χ1n) is 5.94. The average Bonchev–Trinajstić information content (AvgIpc) is 2.58. The summed E-state index contributed by atoms with van der Waals surface area (Å²) in [6, 6.07) is 8.53. The van der Waals surface area contributed by atoms with Crippen molar-refractivity contribution in [2.24, 2.45) is 5.41 Å². The predicted molar refractivity (Wildman–Crippen MR) is 66.0 cm³/mol. The summed E-state index contributed by atoms with van der Waals surface area (Å²) in [6.07, 6.45) is -0.262. The van der Waals surface area contributed by atoms with Gasteiger partial charge in [0.25, 0.3) is 0 Å². The maximum absolute atomic E-state index is 10.1. The molecule has 2 rings (SSSR count). The third-order valence-corrected chi connectivity index (χ3v) is 3.34. The van der Waals surface area contributed by atoms with E-state index >= 15 is 0 Å². The lowest BCUT2D eigenvalue weighted by atomic mass is 9.89. The van der Waals surface area contributed by atoms with Gasteiger partial charge < -0.3 is 5.11 Å². The predicted octanol–water partition coefficient (Wildman–Crippen LogP) is 2.41. The Hall–Kier alpha value is -0.860. The maximum Gasteiger partial charge on any atom is 0.0715 e. The quantitative estimate of drug-likeness (QED) is 0.825. The first kappa shape index (κ1) is 11.6. The lowest BCUT2D eigenvalue weighted by Gasteiger charge is -2.29. The number of aliphatic hydroxyl groups excluding tert-OH is 1. The lowest BCUT2D eigenvalue weighted by molar-refractivity contribution is 0.0273. The van der Waals surface area contributed by atoms with Gasteiger partial charge in [-0.15, -0.1) is 0 Å². The molecule has 1 aliphatic heterocycles. The second kappa shape index (κ2) is 4.19. The molecule has 0 amide bonds. The van der Waals surface area contributed by atoms with Crippen LogP contribution in [0.2, 0.25) is 0 Å². The van der Waals surface area contributed by atoms with Crippen molar-refractivity contribution < 1.29 is 5.11 Å². The molecule has 0 fully saturated rings. The molecule has 2 nitrogen and oxygen atoms in total. The van der Waals surface area contributed by atoms with Crippen molar-refractivity contribution in [3.8, 4) is 0 Å². The Morgan fingerprint density at radius 2 is 1.69 bits per heavy atom. The van der Waals surface area contributed by atoms with Gasteiger partial charge in [0.05, 0.1) is 6.10 Å². The van der Waals surface area contributed by atoms with E-state index in [1.54, 1.807) is 0 Å². The zero-order valence-electron chi connectivity index (χ0n) is 10.4. The molecule has 16 heavy (non-hydrogen) atoms. The summed E-state index contributed by atoms with van der Waals surface area (Å²) in [6.45, 7) is 8.97. The van der Waals surface area contributed by atoms with E-state index in [2.05, 4.69) is 49.9 Å². The summed E-state index contributed by atoms with van der Waals surface area (Å²) < 4.78 is 0. The molecule has 1 unspecified atom stereocenters. The molecule has 1 aliphatic rings. The molecular weight excluding hydrogens is 198 g/mol. The van der Waals surface area contributed by atoms with Gasteiger partial charge in [-0.05, 0) is 16.5 Å². The number of β-amino-alcohol motifs (C(OH)–C–C–N with tert-alkyl or cyclic N) is 1. The number of nitrogens with zero attached hydrogens (tertiary/aromatic N) is 1. The van der Waals surface area contributed by atoms with Crippen LogP contribution in [0.4, 0.5) is 0 Å². The van der Waals surface area contributed by atoms with Crippen molar-refractivity contribution >= 4 is 0 Å². The van der Waals surface area contributed by atoms with Gasteiger partial charge in [0.15, 0.2) is 0 Å². The van der Waals surface area contributed by atoms with Gasteiger partial charge in [-0.25, -0.2) is 0 Å². The third kappa shape index (κ3) is 2.45. The summed E-state index contributed by atoms with van der Waals surface area (Å²) in [5, 5.41) is 10.1. The summed E-state index contributed by atoms with van der Waals surface area (Å²) in [5.41, 5.74) is 2.78. The van der Waals surface area contributed by atoms with Crippen LogP contribution < -0.4 is 0 Å². The summed E-state index contributed by atoms with van der Waals surface area (Å²) in [4.78, 5) is 2.32. The van der Waals surface area contributed by atoms with E-state index in [0.717, 1.165) is 19.6 Å². The smallest absolute Gasteiger partial charge is 0.0715 e. The molecule has 1 atom stereocenters. The van der Waals surface area contributed by atoms with Crippen LogP contribution in [0.25, 0.3) is 0 Å². The minimum absolute atomic E-state index is 0.0330. The van der Waals surface area contributed by atoms with Crippen LogP contribution in [-0.2, 0) is 13.1 Å². The van der Waals surface area contributed by atoms with Crippen LogP contribution in [-0.4, -0.2) is 22.7 Å². The highest BCUT2D eigenvalue weighted by Gasteiger charge is 2.27. The molecule has 0 aliphatic carbocycles. The second-order valence-corrected chi connectivity index (χ2v) is 5.82. The molecule has 0 radical (unpaired) electrons. The summed E-state index contributed by atoms with van der Waals surface area (Å²) >= 11 is 0. The average molecular weight is 219 g/mol. The zero-order chi connectivity index (χ0) is 11.8. The van der Waals surface area contributed by atoms with Gasteiger partial charge in [-0.1, -0.05) is 45.0 Å². The Morgan fingerprint density at radius 3 is 2.12 bits per heavy atom. The Balaban J connectivity index is 1.97. The standard InChI is InChI=1S/C14H21NO/c1-14(2,3)13(16)10-15-8-11-6-4-5-7-12(11)9-15/h4-7,13,16H,8-10H2,1-3H3. The molecule has 88 valence electrons. The summed E-state index contributed by atoms with van der Waals surface area (Å²) in [7, 11) is 0. The molecule has 2 heteroatoms. The fourth-order valence-corrected chi connectivity index (χ4v) is 2.05. The van der Waals surface area contributed by atoms with Gasteiger partial charge in [0.2, 0.25) is 0 Å². The van der Waals surface area contributed by atoms with Crippen LogP contribution >= 0.6 is 0 Å². The molecule has 1 aromatic carbocycles. The van der Waals surface area contributed by atoms with Crippen molar-refractivity contribution in [1.82, 2.24) is 4.90 Å². The minimum Gasteiger partial charge on any atom is -0.391 e. The van der Waals surface area contributed by atoms with Gasteiger partial charge in [-0.3, -0.25) is 4.90 Å². The highest BCUT2D eigenvalue weighted by Crippen LogP contribution is 2.25. The van der Waals surface area contributed by atoms with E-state index in [1.807, 2.05) is 0 Å². The SMILES string of the molecule is CC(C)(C)C(O)CN1Cc2ccccc2C1. The molecular formula is C14H21NO. The number of rotatable bonds is 2. The normalized spacial score (nSPS) is 18.5. The topological polar surface area (TPSA) is 23.5 Å². The second-order valence-electron chi connectivity index (χ2n) is 5.82. The Labute approximate surface area is 97.9 Å². The molecule has 0 aromatic heterocycles. The largest absolute Gasteiger partial charge is 0.391 e. The van der Waals surface area contributed by atoms with Crippen molar-refractivity contribution in [1.29, 1.82) is 0 Å². The van der Waals surface area contributed by atoms with Crippen molar-refractivity contribution in [3.63, 3.8) is 0 Å². The van der Waals surface area contributed by atoms with Gasteiger partial charge in [0, 0.05) is 19.6 Å². The molecule has 0 saturated carbocycles. The zero-order valence-corrected chi connectivity index (χ0v) is 10.4. The van der Waals surface area contributed by atoms with Gasteiger partial charge in [0.1, 0.15) is 0 Å². The van der Waals surface area contributed by atoms with Crippen LogP contribution in [0.5, 0.6) is 0 Å². The molecule has 0 spiro atoms. The van der Waals surface area contributed by atoms with Crippen LogP contribution in [0.3, 0.4) is 0 Å². The van der Waals surface area contributed by atoms with Crippen molar-refractivity contribution in [3.05, 3.63) is 35.4 Å². The summed E-state index contributed by atoms with van der Waals surface area (Å²) in [5.74, 6) is 0. The number of hydrogen-bond donors (Lipinski definition) is 1. The van der Waals surface area contributed by atoms with Crippen LogP contribution in [0, 0.1) is 5.41 Å². The minimum atomic E-state index is -0.262. The first-order chi connectivity index (χ1) is 7.47. The molecule has 1 aromatic rings. The first-order valence-corrected chi connectivity index (χ1v) is 5.94. The van der Waals surface area contributed by atoms with Crippen LogP contribution in [0.1, 0.15) is 31.9 Å². The monoisotopic (exact) mass is 219 g/mol. The Bertz CT molecular complexity index is 342. The van der Waals surface area contributed by atoms with Crippen LogP contribution in [0.15, 0.2) is 24.3 Å². The number of hydrogen-bond acceptors (Lipinski definition) is 2. The highest BCUT2D eigenvalue weighted by molar-refractivity contribution is 5.30. The van der Waals surface area contributed by atoms with E-state index in [-0.39, 0.29) is 11.5 Å². The van der Waals surface area contributed by atoms with Gasteiger partial charge >= 0.3 is 0 Å². The highest BCUT2D eigenvalue weighted by atomic mass is 16.3. The van der Waals surface area contributed by atoms with E-state index < -0.39 is 0 Å². The number of aliphatic hydroxyl groups is 1. The van der Waals surface area contributed by atoms with Gasteiger partial charge in [-0.2, -0.15) is 0 Å². The van der Waals surface area contributed by atoms with E-state index in [9.17, 15) is 5.11 Å². The van der Waals surface area contributed by atoms with E-state index in [1.165, 1.54) is 11.1 Å². The maximum atomic E-state index is 10.1. The molecule has 1 N–H and O–H groups in total.